The molecule has 0 bridgehead atoms. The van der Waals surface area contributed by atoms with E-state index in [-0.39, 0.29) is 17.9 Å². The third kappa shape index (κ3) is 5.07. The van der Waals surface area contributed by atoms with Gasteiger partial charge in [0.25, 0.3) is 0 Å². The normalized spacial score (nSPS) is 17.0. The number of piperazine rings is 1. The van der Waals surface area contributed by atoms with Gasteiger partial charge in [0.05, 0.1) is 29.6 Å². The summed E-state index contributed by atoms with van der Waals surface area (Å²) >= 11 is 0. The molecule has 1 aliphatic carbocycles. The number of methoxy groups -OCH3 is 1. The molecule has 1 aromatic carbocycles. The summed E-state index contributed by atoms with van der Waals surface area (Å²) in [5.41, 5.74) is 5.43. The number of carbonyl (C=O) groups is 1. The topological polar surface area (TPSA) is 93.5 Å². The second kappa shape index (κ2) is 11.3. The maximum absolute atomic E-state index is 14.2. The Hall–Kier alpha value is -4.53. The van der Waals surface area contributed by atoms with Gasteiger partial charge in [-0.2, -0.15) is 4.98 Å². The fraction of sp³-hybridized carbons (Fsp3) is 0.382. The number of anilines is 1. The lowest BCUT2D eigenvalue weighted by molar-refractivity contribution is -0.126. The Kier molecular flexibility index (Phi) is 7.50. The molecule has 0 radical (unpaired) electrons. The van der Waals surface area contributed by atoms with Crippen molar-refractivity contribution in [2.75, 3.05) is 31.6 Å². The van der Waals surface area contributed by atoms with Crippen LogP contribution < -0.4 is 15.3 Å². The zero-order chi connectivity index (χ0) is 30.4. The summed E-state index contributed by atoms with van der Waals surface area (Å²) in [6, 6.07) is 11.9. The molecule has 1 amide bonds. The molecule has 4 heterocycles. The third-order valence-corrected chi connectivity index (χ3v) is 8.57. The number of hydrogen-bond acceptors (Lipinski definition) is 7. The maximum Gasteiger partial charge on any atom is 0.355 e. The van der Waals surface area contributed by atoms with Crippen LogP contribution in [0.15, 0.2) is 60.0 Å². The molecular weight excluding hydrogens is 540 g/mol. The summed E-state index contributed by atoms with van der Waals surface area (Å²) in [7, 11) is 1.67. The van der Waals surface area contributed by atoms with Gasteiger partial charge in [0.2, 0.25) is 5.91 Å². The van der Waals surface area contributed by atoms with Crippen molar-refractivity contribution in [2.24, 2.45) is 0 Å². The van der Waals surface area contributed by atoms with Crippen LogP contribution >= 0.6 is 0 Å². The summed E-state index contributed by atoms with van der Waals surface area (Å²) in [5.74, 6) is 1.69. The number of nitrogens with zero attached hydrogens (tertiary/aromatic N) is 6. The SMILES string of the molecule is C=CC(=O)N1CCN(c2nc(=O)n(-c3c(C)ccnc3C(C)C)c3nc(-c4ccccc4OC)c(C4CC4)cc23)C(C)C1. The molecule has 2 fully saturated rings. The van der Waals surface area contributed by atoms with Crippen molar-refractivity contribution in [2.45, 2.75) is 58.4 Å². The number of rotatable bonds is 7. The van der Waals surface area contributed by atoms with E-state index in [1.54, 1.807) is 22.8 Å². The molecule has 222 valence electrons. The molecule has 0 spiro atoms. The Morgan fingerprint density at radius 1 is 1.14 bits per heavy atom. The number of benzene rings is 1. The highest BCUT2D eigenvalue weighted by Crippen LogP contribution is 2.47. The van der Waals surface area contributed by atoms with Gasteiger partial charge in [-0.1, -0.05) is 32.6 Å². The molecule has 43 heavy (non-hydrogen) atoms. The van der Waals surface area contributed by atoms with Crippen molar-refractivity contribution >= 4 is 22.8 Å². The van der Waals surface area contributed by atoms with Crippen molar-refractivity contribution in [3.8, 4) is 22.7 Å². The van der Waals surface area contributed by atoms with Crippen LogP contribution in [-0.4, -0.2) is 63.1 Å². The van der Waals surface area contributed by atoms with Gasteiger partial charge in [0.1, 0.15) is 11.6 Å². The molecule has 9 heteroatoms. The Balaban J connectivity index is 1.67. The number of aromatic nitrogens is 4. The van der Waals surface area contributed by atoms with Crippen molar-refractivity contribution < 1.29 is 9.53 Å². The summed E-state index contributed by atoms with van der Waals surface area (Å²) in [6.07, 6.45) is 5.30. The van der Waals surface area contributed by atoms with Crippen LogP contribution in [0.4, 0.5) is 5.82 Å². The van der Waals surface area contributed by atoms with Crippen molar-refractivity contribution in [1.82, 2.24) is 24.4 Å². The fourth-order valence-electron chi connectivity index (χ4n) is 6.21. The molecule has 1 aliphatic heterocycles. The zero-order valence-electron chi connectivity index (χ0n) is 25.5. The Labute approximate surface area is 251 Å². The summed E-state index contributed by atoms with van der Waals surface area (Å²) in [4.78, 5) is 45.3. The maximum atomic E-state index is 14.2. The first-order chi connectivity index (χ1) is 20.7. The van der Waals surface area contributed by atoms with E-state index in [4.69, 9.17) is 19.7 Å². The third-order valence-electron chi connectivity index (χ3n) is 8.57. The van der Waals surface area contributed by atoms with Crippen LogP contribution in [0.2, 0.25) is 0 Å². The standard InChI is InChI=1S/C34H38N6O3/c1-7-28(41)38-16-17-39(22(5)19-38)32-26-18-25(23-12-13-23)30(24-10-8-9-11-27(24)43-6)36-33(26)40(34(42)37-32)31-21(4)14-15-35-29(31)20(2)3/h7-11,14-15,18,20,22-23H,1,12-13,16-17,19H2,2-6H3. The number of aryl methyl sites for hydroxylation is 1. The summed E-state index contributed by atoms with van der Waals surface area (Å²) in [5, 5.41) is 0.813. The van der Waals surface area contributed by atoms with Gasteiger partial charge in [-0.05, 0) is 80.0 Å². The highest BCUT2D eigenvalue weighted by molar-refractivity contribution is 5.92. The number of ether oxygens (including phenoxy) is 1. The minimum absolute atomic E-state index is 0.0618. The van der Waals surface area contributed by atoms with Gasteiger partial charge in [-0.15, -0.1) is 0 Å². The molecule has 0 N–H and O–H groups in total. The molecular formula is C34H38N6O3. The highest BCUT2D eigenvalue weighted by Gasteiger charge is 2.33. The fourth-order valence-corrected chi connectivity index (χ4v) is 6.21. The van der Waals surface area contributed by atoms with Gasteiger partial charge in [0, 0.05) is 37.4 Å². The largest absolute Gasteiger partial charge is 0.496 e. The number of para-hydroxylation sites is 1. The van der Waals surface area contributed by atoms with Gasteiger partial charge in [-0.3, -0.25) is 9.78 Å². The van der Waals surface area contributed by atoms with Crippen LogP contribution in [0, 0.1) is 6.92 Å². The van der Waals surface area contributed by atoms with Crippen molar-refractivity contribution in [3.63, 3.8) is 0 Å². The van der Waals surface area contributed by atoms with Gasteiger partial charge in [-0.25, -0.2) is 14.3 Å². The van der Waals surface area contributed by atoms with E-state index in [9.17, 15) is 9.59 Å². The summed E-state index contributed by atoms with van der Waals surface area (Å²) in [6.45, 7) is 13.4. The summed E-state index contributed by atoms with van der Waals surface area (Å²) < 4.78 is 7.42. The van der Waals surface area contributed by atoms with Crippen LogP contribution in [-0.2, 0) is 4.79 Å². The van der Waals surface area contributed by atoms with Crippen LogP contribution in [0.1, 0.15) is 62.3 Å². The van der Waals surface area contributed by atoms with E-state index >= 15 is 0 Å². The molecule has 3 aromatic heterocycles. The van der Waals surface area contributed by atoms with E-state index in [1.165, 1.54) is 6.08 Å². The molecule has 1 saturated heterocycles. The molecule has 1 unspecified atom stereocenters. The molecule has 1 saturated carbocycles. The average Bonchev–Trinajstić information content (AvgIpc) is 3.86. The van der Waals surface area contributed by atoms with Gasteiger partial charge in [0.15, 0.2) is 5.65 Å². The molecule has 4 aromatic rings. The minimum atomic E-state index is -0.407. The van der Waals surface area contributed by atoms with Crippen molar-refractivity contribution in [1.29, 1.82) is 0 Å². The quantitative estimate of drug-likeness (QED) is 0.272. The monoisotopic (exact) mass is 578 g/mol. The number of fused-ring (bicyclic) bond motifs is 1. The Bertz CT molecular complexity index is 1790. The molecule has 9 nitrogen and oxygen atoms in total. The van der Waals surface area contributed by atoms with Crippen LogP contribution in [0.3, 0.4) is 0 Å². The lowest BCUT2D eigenvalue weighted by Crippen LogP contribution is -2.54. The van der Waals surface area contributed by atoms with E-state index in [0.717, 1.165) is 57.7 Å². The number of amides is 1. The first-order valence-corrected chi connectivity index (χ1v) is 15.0. The molecule has 6 rings (SSSR count). The second-order valence-electron chi connectivity index (χ2n) is 11.9. The van der Waals surface area contributed by atoms with Crippen LogP contribution in [0.25, 0.3) is 28.0 Å². The highest BCUT2D eigenvalue weighted by atomic mass is 16.5. The number of pyridine rings is 2. The van der Waals surface area contributed by atoms with E-state index < -0.39 is 5.69 Å². The van der Waals surface area contributed by atoms with Gasteiger partial charge >= 0.3 is 5.69 Å². The van der Waals surface area contributed by atoms with E-state index in [0.29, 0.717) is 37.0 Å². The van der Waals surface area contributed by atoms with E-state index in [2.05, 4.69) is 38.3 Å². The Morgan fingerprint density at radius 3 is 2.58 bits per heavy atom. The van der Waals surface area contributed by atoms with E-state index in [1.807, 2.05) is 37.3 Å². The number of hydrogen-bond donors (Lipinski definition) is 0. The average molecular weight is 579 g/mol. The zero-order valence-corrected chi connectivity index (χ0v) is 25.5. The Morgan fingerprint density at radius 2 is 1.91 bits per heavy atom. The molecule has 2 aliphatic rings. The number of carbonyl (C=O) groups excluding carboxylic acids is 1. The lowest BCUT2D eigenvalue weighted by atomic mass is 9.99. The second-order valence-corrected chi connectivity index (χ2v) is 11.9. The first-order valence-electron chi connectivity index (χ1n) is 15.0. The predicted octanol–water partition coefficient (Wildman–Crippen LogP) is 5.38. The first kappa shape index (κ1) is 28.6. The van der Waals surface area contributed by atoms with Gasteiger partial charge < -0.3 is 14.5 Å². The minimum Gasteiger partial charge on any atom is -0.496 e. The predicted molar refractivity (Wildman–Crippen MR) is 169 cm³/mol. The molecule has 1 atom stereocenters. The lowest BCUT2D eigenvalue weighted by Gasteiger charge is -2.40. The van der Waals surface area contributed by atoms with Crippen molar-refractivity contribution in [3.05, 3.63) is 82.6 Å². The van der Waals surface area contributed by atoms with Crippen LogP contribution in [0.5, 0.6) is 5.75 Å². The smallest absolute Gasteiger partial charge is 0.355 e.